The largest absolute Gasteiger partial charge is 0.330 e. The highest BCUT2D eigenvalue weighted by molar-refractivity contribution is 5.97. The summed E-state index contributed by atoms with van der Waals surface area (Å²) in [5.74, 6) is 0.476. The monoisotopic (exact) mass is 232 g/mol. The fourth-order valence-electron chi connectivity index (χ4n) is 2.56. The van der Waals surface area contributed by atoms with Crippen LogP contribution in [-0.4, -0.2) is 18.5 Å². The van der Waals surface area contributed by atoms with E-state index in [0.29, 0.717) is 13.0 Å². The third-order valence-corrected chi connectivity index (χ3v) is 3.93. The Balaban J connectivity index is 2.40. The first-order chi connectivity index (χ1) is 8.06. The molecule has 0 saturated carbocycles. The van der Waals surface area contributed by atoms with E-state index in [2.05, 4.69) is 26.8 Å². The molecule has 0 bridgehead atoms. The van der Waals surface area contributed by atoms with Gasteiger partial charge >= 0.3 is 0 Å². The molecule has 2 unspecified atom stereocenters. The number of carbonyl (C=O) groups is 1. The van der Waals surface area contributed by atoms with Crippen molar-refractivity contribution >= 4 is 11.6 Å². The van der Waals surface area contributed by atoms with Gasteiger partial charge in [-0.25, -0.2) is 0 Å². The number of rotatable bonds is 2. The maximum Gasteiger partial charge on any atom is 0.227 e. The van der Waals surface area contributed by atoms with Crippen LogP contribution in [0.2, 0.25) is 0 Å². The summed E-state index contributed by atoms with van der Waals surface area (Å²) in [6.07, 6.45) is 0.574. The highest BCUT2D eigenvalue weighted by Crippen LogP contribution is 2.33. The number of benzene rings is 1. The van der Waals surface area contributed by atoms with Crippen LogP contribution in [0.15, 0.2) is 18.2 Å². The molecule has 0 aliphatic carbocycles. The third-order valence-electron chi connectivity index (χ3n) is 3.93. The van der Waals surface area contributed by atoms with E-state index in [1.165, 1.54) is 11.1 Å². The van der Waals surface area contributed by atoms with Crippen molar-refractivity contribution < 1.29 is 4.79 Å². The summed E-state index contributed by atoms with van der Waals surface area (Å²) in [4.78, 5) is 14.0. The van der Waals surface area contributed by atoms with Crippen LogP contribution < -0.4 is 10.6 Å². The highest BCUT2D eigenvalue weighted by Gasteiger charge is 2.37. The molecule has 1 aliphatic rings. The average molecular weight is 232 g/mol. The van der Waals surface area contributed by atoms with E-state index in [4.69, 9.17) is 5.73 Å². The van der Waals surface area contributed by atoms with Crippen molar-refractivity contribution in [1.82, 2.24) is 0 Å². The molecule has 3 heteroatoms. The molecule has 2 atom stereocenters. The van der Waals surface area contributed by atoms with Crippen LogP contribution in [-0.2, 0) is 4.79 Å². The molecule has 1 saturated heterocycles. The summed E-state index contributed by atoms with van der Waals surface area (Å²) in [7, 11) is 0. The number of aryl methyl sites for hydroxylation is 1. The molecule has 0 radical (unpaired) electrons. The Bertz CT molecular complexity index is 442. The molecule has 1 amide bonds. The van der Waals surface area contributed by atoms with Gasteiger partial charge in [-0.15, -0.1) is 0 Å². The van der Waals surface area contributed by atoms with Gasteiger partial charge in [-0.3, -0.25) is 4.79 Å². The van der Waals surface area contributed by atoms with Gasteiger partial charge in [0.2, 0.25) is 5.91 Å². The van der Waals surface area contributed by atoms with Gasteiger partial charge in [0, 0.05) is 24.1 Å². The Morgan fingerprint density at radius 3 is 2.71 bits per heavy atom. The van der Waals surface area contributed by atoms with E-state index < -0.39 is 0 Å². The molecule has 1 fully saturated rings. The standard InChI is InChI=1S/C14H20N2O/c1-9-5-4-6-13(10(9)2)16-11(3)12(8-15)7-14(16)17/h4-6,11-12H,7-8,15H2,1-3H3. The molecule has 0 spiro atoms. The predicted octanol–water partition coefficient (Wildman–Crippen LogP) is 2.00. The second-order valence-corrected chi connectivity index (χ2v) is 4.92. The predicted molar refractivity (Wildman–Crippen MR) is 70.0 cm³/mol. The Labute approximate surface area is 103 Å². The maximum atomic E-state index is 12.1. The van der Waals surface area contributed by atoms with Crippen molar-refractivity contribution in [3.05, 3.63) is 29.3 Å². The lowest BCUT2D eigenvalue weighted by atomic mass is 10.0. The van der Waals surface area contributed by atoms with Crippen LogP contribution in [0.3, 0.4) is 0 Å². The molecule has 3 nitrogen and oxygen atoms in total. The molecule has 2 rings (SSSR count). The maximum absolute atomic E-state index is 12.1. The van der Waals surface area contributed by atoms with Gasteiger partial charge in [-0.05, 0) is 44.5 Å². The Morgan fingerprint density at radius 1 is 1.41 bits per heavy atom. The molecular weight excluding hydrogens is 212 g/mol. The number of nitrogens with two attached hydrogens (primary N) is 1. The number of hydrogen-bond acceptors (Lipinski definition) is 2. The van der Waals surface area contributed by atoms with Gasteiger partial charge in [-0.1, -0.05) is 12.1 Å². The zero-order chi connectivity index (χ0) is 12.6. The minimum Gasteiger partial charge on any atom is -0.330 e. The number of hydrogen-bond donors (Lipinski definition) is 1. The second kappa shape index (κ2) is 4.49. The molecule has 17 heavy (non-hydrogen) atoms. The molecule has 1 aliphatic heterocycles. The lowest BCUT2D eigenvalue weighted by Gasteiger charge is -2.26. The van der Waals surface area contributed by atoms with Crippen molar-refractivity contribution in [2.24, 2.45) is 11.7 Å². The van der Waals surface area contributed by atoms with E-state index in [-0.39, 0.29) is 17.9 Å². The topological polar surface area (TPSA) is 46.3 Å². The second-order valence-electron chi connectivity index (χ2n) is 4.92. The molecular formula is C14H20N2O. The first kappa shape index (κ1) is 12.1. The summed E-state index contributed by atoms with van der Waals surface area (Å²) >= 11 is 0. The molecule has 2 N–H and O–H groups in total. The first-order valence-corrected chi connectivity index (χ1v) is 6.14. The van der Waals surface area contributed by atoms with Gasteiger partial charge in [0.25, 0.3) is 0 Å². The van der Waals surface area contributed by atoms with Crippen LogP contribution >= 0.6 is 0 Å². The van der Waals surface area contributed by atoms with Gasteiger partial charge in [0.05, 0.1) is 0 Å². The minimum absolute atomic E-state index is 0.196. The normalized spacial score (nSPS) is 24.5. The number of carbonyl (C=O) groups excluding carboxylic acids is 1. The number of amides is 1. The summed E-state index contributed by atoms with van der Waals surface area (Å²) in [5, 5.41) is 0. The van der Waals surface area contributed by atoms with Crippen LogP contribution in [0.25, 0.3) is 0 Å². The van der Waals surface area contributed by atoms with Gasteiger partial charge in [0.15, 0.2) is 0 Å². The fourth-order valence-corrected chi connectivity index (χ4v) is 2.56. The molecule has 92 valence electrons. The van der Waals surface area contributed by atoms with Crippen LogP contribution in [0.4, 0.5) is 5.69 Å². The van der Waals surface area contributed by atoms with E-state index in [0.717, 1.165) is 5.69 Å². The lowest BCUT2D eigenvalue weighted by Crippen LogP contribution is -2.35. The Morgan fingerprint density at radius 2 is 2.12 bits per heavy atom. The zero-order valence-electron chi connectivity index (χ0n) is 10.7. The average Bonchev–Trinajstić information content (AvgIpc) is 2.58. The van der Waals surface area contributed by atoms with Crippen molar-refractivity contribution in [1.29, 1.82) is 0 Å². The van der Waals surface area contributed by atoms with E-state index in [9.17, 15) is 4.79 Å². The Kier molecular flexibility index (Phi) is 3.20. The van der Waals surface area contributed by atoms with Crippen LogP contribution in [0.5, 0.6) is 0 Å². The summed E-state index contributed by atoms with van der Waals surface area (Å²) in [6.45, 7) is 6.81. The van der Waals surface area contributed by atoms with Crippen molar-refractivity contribution in [3.8, 4) is 0 Å². The molecule has 1 aromatic rings. The van der Waals surface area contributed by atoms with E-state index >= 15 is 0 Å². The third kappa shape index (κ3) is 1.95. The van der Waals surface area contributed by atoms with Crippen molar-refractivity contribution in [2.75, 3.05) is 11.4 Å². The van der Waals surface area contributed by atoms with Crippen molar-refractivity contribution in [2.45, 2.75) is 33.2 Å². The first-order valence-electron chi connectivity index (χ1n) is 6.14. The molecule has 1 heterocycles. The van der Waals surface area contributed by atoms with E-state index in [1.807, 2.05) is 17.0 Å². The Hall–Kier alpha value is -1.35. The smallest absolute Gasteiger partial charge is 0.227 e. The highest BCUT2D eigenvalue weighted by atomic mass is 16.2. The summed E-state index contributed by atoms with van der Waals surface area (Å²) in [5.41, 5.74) is 9.16. The molecule has 0 aromatic heterocycles. The van der Waals surface area contributed by atoms with Gasteiger partial charge in [0.1, 0.15) is 0 Å². The minimum atomic E-state index is 0.196. The van der Waals surface area contributed by atoms with Crippen LogP contribution in [0.1, 0.15) is 24.5 Å². The summed E-state index contributed by atoms with van der Waals surface area (Å²) < 4.78 is 0. The van der Waals surface area contributed by atoms with Gasteiger partial charge < -0.3 is 10.6 Å². The van der Waals surface area contributed by atoms with Gasteiger partial charge in [-0.2, -0.15) is 0 Å². The quantitative estimate of drug-likeness (QED) is 0.847. The number of nitrogens with zero attached hydrogens (tertiary/aromatic N) is 1. The lowest BCUT2D eigenvalue weighted by molar-refractivity contribution is -0.117. The zero-order valence-corrected chi connectivity index (χ0v) is 10.7. The van der Waals surface area contributed by atoms with E-state index in [1.54, 1.807) is 0 Å². The fraction of sp³-hybridized carbons (Fsp3) is 0.500. The summed E-state index contributed by atoms with van der Waals surface area (Å²) in [6, 6.07) is 6.31. The number of anilines is 1. The molecule has 1 aromatic carbocycles. The van der Waals surface area contributed by atoms with Crippen molar-refractivity contribution in [3.63, 3.8) is 0 Å². The van der Waals surface area contributed by atoms with Crippen LogP contribution in [0, 0.1) is 19.8 Å². The SMILES string of the molecule is Cc1cccc(N2C(=O)CC(CN)C2C)c1C.